The molecule has 0 aliphatic heterocycles. The van der Waals surface area contributed by atoms with Gasteiger partial charge in [0, 0.05) is 0 Å². The fraction of sp³-hybridized carbons (Fsp3) is 0.211. The summed E-state index contributed by atoms with van der Waals surface area (Å²) < 4.78 is 1.53. The van der Waals surface area contributed by atoms with Crippen LogP contribution in [0.3, 0.4) is 0 Å². The van der Waals surface area contributed by atoms with Gasteiger partial charge in [0.15, 0.2) is 5.65 Å². The number of hydrogen-bond donors (Lipinski definition) is 4. The van der Waals surface area contributed by atoms with Crippen LogP contribution in [0.1, 0.15) is 11.8 Å². The third kappa shape index (κ3) is 3.04. The maximum absolute atomic E-state index is 10.6. The number of fused-ring (bicyclic) bond motifs is 2. The van der Waals surface area contributed by atoms with E-state index in [1.54, 1.807) is 6.07 Å². The molecule has 0 radical (unpaired) electrons. The molecule has 4 rings (SSSR count). The predicted molar refractivity (Wildman–Crippen MR) is 98.2 cm³/mol. The van der Waals surface area contributed by atoms with E-state index < -0.39 is 24.9 Å². The first-order valence-corrected chi connectivity index (χ1v) is 8.46. The summed E-state index contributed by atoms with van der Waals surface area (Å²) in [6.45, 7) is -0.690. The molecule has 8 nitrogen and oxygen atoms in total. The second kappa shape index (κ2) is 7.01. The lowest BCUT2D eigenvalue weighted by molar-refractivity contribution is -0.0786. The number of nitrogens with zero attached hydrogens (tertiary/aromatic N) is 4. The molecule has 0 saturated carbocycles. The van der Waals surface area contributed by atoms with E-state index in [4.69, 9.17) is 5.11 Å². The van der Waals surface area contributed by atoms with E-state index in [2.05, 4.69) is 15.1 Å². The maximum atomic E-state index is 10.6. The quantitative estimate of drug-likeness (QED) is 0.410. The predicted octanol–water partition coefficient (Wildman–Crippen LogP) is 0.716. The standard InChI is InChI=1S/C19H18N4O4/c24-10-14(25)17(26)18(27)15-16-19(21-13-9-5-4-8-12(13)20-16)23(22-15)11-6-2-1-3-7-11/h1-9,14,17-18,24-27H,10H2/t14-,17-,18+/m1/s1. The largest absolute Gasteiger partial charge is 0.394 e. The van der Waals surface area contributed by atoms with Gasteiger partial charge in [-0.2, -0.15) is 5.10 Å². The van der Waals surface area contributed by atoms with Crippen molar-refractivity contribution in [1.82, 2.24) is 19.7 Å². The van der Waals surface area contributed by atoms with E-state index in [0.717, 1.165) is 0 Å². The minimum Gasteiger partial charge on any atom is -0.394 e. The molecule has 0 aliphatic rings. The van der Waals surface area contributed by atoms with Crippen molar-refractivity contribution >= 4 is 22.2 Å². The first kappa shape index (κ1) is 17.5. The molecule has 3 atom stereocenters. The summed E-state index contributed by atoms with van der Waals surface area (Å²) in [5.41, 5.74) is 2.80. The van der Waals surface area contributed by atoms with Crippen LogP contribution in [0.15, 0.2) is 54.6 Å². The Bertz CT molecular complexity index is 1080. The SMILES string of the molecule is OC[C@@H](O)[C@@H](O)[C@@H](O)c1nn(-c2ccccc2)c2nc3ccccc3nc12. The summed E-state index contributed by atoms with van der Waals surface area (Å²) in [5.74, 6) is 0. The van der Waals surface area contributed by atoms with Gasteiger partial charge in [-0.3, -0.25) is 0 Å². The van der Waals surface area contributed by atoms with E-state index in [-0.39, 0.29) is 5.69 Å². The van der Waals surface area contributed by atoms with Crippen LogP contribution in [-0.2, 0) is 0 Å². The highest BCUT2D eigenvalue weighted by Crippen LogP contribution is 2.28. The van der Waals surface area contributed by atoms with Crippen LogP contribution in [0.25, 0.3) is 27.9 Å². The van der Waals surface area contributed by atoms with Crippen molar-refractivity contribution < 1.29 is 20.4 Å². The Morgan fingerprint density at radius 2 is 1.48 bits per heavy atom. The highest BCUT2D eigenvalue weighted by Gasteiger charge is 2.31. The number of aromatic nitrogens is 4. The zero-order valence-electron chi connectivity index (χ0n) is 14.2. The fourth-order valence-corrected chi connectivity index (χ4v) is 2.94. The summed E-state index contributed by atoms with van der Waals surface area (Å²) >= 11 is 0. The molecule has 2 aromatic carbocycles. The first-order chi connectivity index (χ1) is 13.1. The van der Waals surface area contributed by atoms with Crippen LogP contribution in [-0.4, -0.2) is 59.0 Å². The monoisotopic (exact) mass is 366 g/mol. The molecule has 2 heterocycles. The number of hydrogen-bond acceptors (Lipinski definition) is 7. The minimum atomic E-state index is -1.62. The summed E-state index contributed by atoms with van der Waals surface area (Å²) in [7, 11) is 0. The lowest BCUT2D eigenvalue weighted by atomic mass is 10.1. The van der Waals surface area contributed by atoms with Crippen molar-refractivity contribution in [2.45, 2.75) is 18.3 Å². The molecule has 27 heavy (non-hydrogen) atoms. The van der Waals surface area contributed by atoms with Crippen LogP contribution < -0.4 is 0 Å². The van der Waals surface area contributed by atoms with Crippen molar-refractivity contribution in [2.75, 3.05) is 6.61 Å². The van der Waals surface area contributed by atoms with Gasteiger partial charge in [-0.15, -0.1) is 0 Å². The maximum Gasteiger partial charge on any atom is 0.182 e. The summed E-state index contributed by atoms with van der Waals surface area (Å²) in [5, 5.41) is 43.9. The average molecular weight is 366 g/mol. The number of para-hydroxylation sites is 3. The van der Waals surface area contributed by atoms with Crippen molar-refractivity contribution in [3.05, 3.63) is 60.3 Å². The van der Waals surface area contributed by atoms with E-state index in [1.165, 1.54) is 4.68 Å². The Hall–Kier alpha value is -2.91. The van der Waals surface area contributed by atoms with Crippen molar-refractivity contribution in [3.8, 4) is 5.69 Å². The van der Waals surface area contributed by atoms with Gasteiger partial charge in [0.25, 0.3) is 0 Å². The molecule has 0 aliphatic carbocycles. The molecule has 8 heteroatoms. The third-order valence-electron chi connectivity index (χ3n) is 4.39. The second-order valence-corrected chi connectivity index (χ2v) is 6.20. The van der Waals surface area contributed by atoms with Crippen LogP contribution in [0.5, 0.6) is 0 Å². The van der Waals surface area contributed by atoms with Crippen molar-refractivity contribution in [2.24, 2.45) is 0 Å². The number of benzene rings is 2. The molecule has 4 aromatic rings. The van der Waals surface area contributed by atoms with Gasteiger partial charge < -0.3 is 20.4 Å². The lowest BCUT2D eigenvalue weighted by Gasteiger charge is -2.19. The zero-order valence-corrected chi connectivity index (χ0v) is 14.2. The molecule has 0 fully saturated rings. The smallest absolute Gasteiger partial charge is 0.182 e. The van der Waals surface area contributed by atoms with E-state index in [1.807, 2.05) is 48.5 Å². The van der Waals surface area contributed by atoms with Crippen LogP contribution in [0.2, 0.25) is 0 Å². The minimum absolute atomic E-state index is 0.0760. The molecule has 2 aromatic heterocycles. The Kier molecular flexibility index (Phi) is 4.54. The molecule has 0 bridgehead atoms. The van der Waals surface area contributed by atoms with Gasteiger partial charge in [0.05, 0.1) is 23.3 Å². The Morgan fingerprint density at radius 3 is 2.15 bits per heavy atom. The third-order valence-corrected chi connectivity index (χ3v) is 4.39. The normalized spacial score (nSPS) is 15.1. The van der Waals surface area contributed by atoms with Gasteiger partial charge in [-0.1, -0.05) is 30.3 Å². The van der Waals surface area contributed by atoms with Crippen LogP contribution in [0, 0.1) is 0 Å². The fourth-order valence-electron chi connectivity index (χ4n) is 2.94. The van der Waals surface area contributed by atoms with Crippen LogP contribution >= 0.6 is 0 Å². The van der Waals surface area contributed by atoms with E-state index in [9.17, 15) is 15.3 Å². The number of rotatable bonds is 5. The van der Waals surface area contributed by atoms with Gasteiger partial charge >= 0.3 is 0 Å². The first-order valence-electron chi connectivity index (χ1n) is 8.46. The van der Waals surface area contributed by atoms with E-state index in [0.29, 0.717) is 27.9 Å². The van der Waals surface area contributed by atoms with Gasteiger partial charge in [0.2, 0.25) is 0 Å². The highest BCUT2D eigenvalue weighted by molar-refractivity contribution is 5.86. The zero-order chi connectivity index (χ0) is 19.0. The molecular weight excluding hydrogens is 348 g/mol. The lowest BCUT2D eigenvalue weighted by Crippen LogP contribution is -2.35. The summed E-state index contributed by atoms with van der Waals surface area (Å²) in [4.78, 5) is 9.17. The molecule has 4 N–H and O–H groups in total. The summed E-state index contributed by atoms with van der Waals surface area (Å²) in [6.07, 6.45) is -4.67. The van der Waals surface area contributed by atoms with Gasteiger partial charge in [0.1, 0.15) is 29.5 Å². The molecular formula is C19H18N4O4. The average Bonchev–Trinajstić information content (AvgIpc) is 3.09. The Balaban J connectivity index is 1.97. The number of aliphatic hydroxyl groups is 4. The Labute approximate surface area is 154 Å². The van der Waals surface area contributed by atoms with Crippen molar-refractivity contribution in [3.63, 3.8) is 0 Å². The summed E-state index contributed by atoms with van der Waals surface area (Å²) in [6, 6.07) is 16.5. The van der Waals surface area contributed by atoms with E-state index >= 15 is 0 Å². The second-order valence-electron chi connectivity index (χ2n) is 6.20. The van der Waals surface area contributed by atoms with Gasteiger partial charge in [-0.25, -0.2) is 14.6 Å². The van der Waals surface area contributed by atoms with Crippen LogP contribution in [0.4, 0.5) is 0 Å². The highest BCUT2D eigenvalue weighted by atomic mass is 16.4. The molecule has 0 spiro atoms. The van der Waals surface area contributed by atoms with Gasteiger partial charge in [-0.05, 0) is 24.3 Å². The number of aliphatic hydroxyl groups excluding tert-OH is 4. The molecule has 138 valence electrons. The molecule has 0 amide bonds. The van der Waals surface area contributed by atoms with Crippen molar-refractivity contribution in [1.29, 1.82) is 0 Å². The molecule has 0 saturated heterocycles. The Morgan fingerprint density at radius 1 is 0.852 bits per heavy atom. The molecule has 0 unspecified atom stereocenters. The topological polar surface area (TPSA) is 125 Å².